The number of rotatable bonds is 2. The molecule has 0 spiro atoms. The quantitative estimate of drug-likeness (QED) is 0.476. The lowest BCUT2D eigenvalue weighted by atomic mass is 10.3. The molecule has 0 N–H and O–H groups in total. The first-order chi connectivity index (χ1) is 5.66. The van der Waals surface area contributed by atoms with Gasteiger partial charge in [0.1, 0.15) is 12.0 Å². The Morgan fingerprint density at radius 3 is 2.92 bits per heavy atom. The lowest BCUT2D eigenvalue weighted by molar-refractivity contribution is -0.126. The maximum atomic E-state index is 11.2. The van der Waals surface area contributed by atoms with Crippen LogP contribution in [0.4, 0.5) is 4.79 Å². The minimum absolute atomic E-state index is 0.241. The van der Waals surface area contributed by atoms with Gasteiger partial charge < -0.3 is 4.74 Å². The number of carbonyl (C=O) groups is 2. The molecule has 1 fully saturated rings. The van der Waals surface area contributed by atoms with Gasteiger partial charge >= 0.3 is 6.09 Å². The fraction of sp³-hybridized carbons (Fsp3) is 0.429. The molecule has 1 saturated heterocycles. The van der Waals surface area contributed by atoms with Crippen LogP contribution in [0.2, 0.25) is 0 Å². The van der Waals surface area contributed by atoms with Crippen molar-refractivity contribution in [3.63, 3.8) is 0 Å². The van der Waals surface area contributed by atoms with Gasteiger partial charge in [-0.05, 0) is 0 Å². The van der Waals surface area contributed by atoms with Crippen LogP contribution >= 0.6 is 11.6 Å². The Kier molecular flexibility index (Phi) is 2.70. The Labute approximate surface area is 74.7 Å². The van der Waals surface area contributed by atoms with Gasteiger partial charge in [-0.2, -0.15) is 0 Å². The van der Waals surface area contributed by atoms with Crippen molar-refractivity contribution >= 4 is 23.6 Å². The zero-order valence-electron chi connectivity index (χ0n) is 6.33. The first-order valence-corrected chi connectivity index (χ1v) is 3.85. The normalized spacial score (nSPS) is 18.8. The molecule has 1 unspecified atom stereocenters. The van der Waals surface area contributed by atoms with Crippen LogP contribution in [0, 0.1) is 0 Å². The summed E-state index contributed by atoms with van der Waals surface area (Å²) < 4.78 is 4.55. The highest BCUT2D eigenvalue weighted by molar-refractivity contribution is 6.33. The molecule has 1 rings (SSSR count). The van der Waals surface area contributed by atoms with Crippen LogP contribution in [0.15, 0.2) is 12.7 Å². The third kappa shape index (κ3) is 1.58. The van der Waals surface area contributed by atoms with Gasteiger partial charge in [0.05, 0.1) is 6.54 Å². The van der Waals surface area contributed by atoms with E-state index in [0.29, 0.717) is 0 Å². The zero-order valence-corrected chi connectivity index (χ0v) is 7.08. The van der Waals surface area contributed by atoms with Crippen LogP contribution in [0.1, 0.15) is 0 Å². The van der Waals surface area contributed by atoms with E-state index in [9.17, 15) is 9.59 Å². The summed E-state index contributed by atoms with van der Waals surface area (Å²) in [6, 6.07) is 0. The summed E-state index contributed by atoms with van der Waals surface area (Å²) in [4.78, 5) is 23.0. The summed E-state index contributed by atoms with van der Waals surface area (Å²) >= 11 is 5.54. The minimum Gasteiger partial charge on any atom is -0.447 e. The Morgan fingerprint density at radius 2 is 2.50 bits per heavy atom. The molecule has 0 saturated carbocycles. The summed E-state index contributed by atoms with van der Waals surface area (Å²) in [6.45, 7) is 3.86. The SMILES string of the molecule is C=CC(Cl)C(=O)N1CCOC1=O. The van der Waals surface area contributed by atoms with Crippen molar-refractivity contribution in [1.29, 1.82) is 0 Å². The molecule has 0 radical (unpaired) electrons. The van der Waals surface area contributed by atoms with E-state index in [1.807, 2.05) is 0 Å². The Bertz CT molecular complexity index is 229. The summed E-state index contributed by atoms with van der Waals surface area (Å²) in [6.07, 6.45) is 0.641. The summed E-state index contributed by atoms with van der Waals surface area (Å²) in [5.74, 6) is -0.478. The summed E-state index contributed by atoms with van der Waals surface area (Å²) in [7, 11) is 0. The molecular weight excluding hydrogens is 182 g/mol. The van der Waals surface area contributed by atoms with Crippen LogP contribution in [-0.2, 0) is 9.53 Å². The molecule has 1 aliphatic rings. The molecule has 4 nitrogen and oxygen atoms in total. The lowest BCUT2D eigenvalue weighted by Gasteiger charge is -2.11. The van der Waals surface area contributed by atoms with E-state index in [0.717, 1.165) is 4.90 Å². The number of nitrogens with zero attached hydrogens (tertiary/aromatic N) is 1. The van der Waals surface area contributed by atoms with Crippen LogP contribution < -0.4 is 0 Å². The molecule has 2 amide bonds. The standard InChI is InChI=1S/C7H8ClNO3/c1-2-5(8)6(10)9-3-4-12-7(9)11/h2,5H,1,3-4H2. The topological polar surface area (TPSA) is 46.6 Å². The molecule has 66 valence electrons. The second-order valence-corrected chi connectivity index (χ2v) is 2.71. The van der Waals surface area contributed by atoms with Gasteiger partial charge in [-0.15, -0.1) is 18.2 Å². The second kappa shape index (κ2) is 3.58. The van der Waals surface area contributed by atoms with E-state index in [1.165, 1.54) is 6.08 Å². The van der Waals surface area contributed by atoms with E-state index in [1.54, 1.807) is 0 Å². The van der Waals surface area contributed by atoms with Crippen LogP contribution in [0.25, 0.3) is 0 Å². The van der Waals surface area contributed by atoms with Gasteiger partial charge in [-0.3, -0.25) is 4.79 Å². The number of carbonyl (C=O) groups excluding carboxylic acids is 2. The van der Waals surface area contributed by atoms with Crippen LogP contribution in [0.5, 0.6) is 0 Å². The molecule has 0 aromatic heterocycles. The average molecular weight is 190 g/mol. The van der Waals surface area contributed by atoms with Gasteiger partial charge in [-0.25, -0.2) is 9.69 Å². The molecule has 0 aromatic rings. The predicted molar refractivity (Wildman–Crippen MR) is 42.9 cm³/mol. The fourth-order valence-corrected chi connectivity index (χ4v) is 0.961. The largest absolute Gasteiger partial charge is 0.447 e. The van der Waals surface area contributed by atoms with Crippen LogP contribution in [-0.4, -0.2) is 35.4 Å². The smallest absolute Gasteiger partial charge is 0.416 e. The van der Waals surface area contributed by atoms with Crippen molar-refractivity contribution in [2.24, 2.45) is 0 Å². The molecule has 12 heavy (non-hydrogen) atoms. The molecule has 5 heteroatoms. The Morgan fingerprint density at radius 1 is 1.83 bits per heavy atom. The van der Waals surface area contributed by atoms with Crippen LogP contribution in [0.3, 0.4) is 0 Å². The summed E-state index contributed by atoms with van der Waals surface area (Å²) in [5.41, 5.74) is 0. The van der Waals surface area contributed by atoms with Crippen molar-refractivity contribution < 1.29 is 14.3 Å². The third-order valence-electron chi connectivity index (χ3n) is 1.47. The van der Waals surface area contributed by atoms with E-state index in [2.05, 4.69) is 11.3 Å². The molecule has 0 aromatic carbocycles. The van der Waals surface area contributed by atoms with Crippen molar-refractivity contribution in [2.45, 2.75) is 5.38 Å². The van der Waals surface area contributed by atoms with Crippen molar-refractivity contribution in [1.82, 2.24) is 4.90 Å². The monoisotopic (exact) mass is 189 g/mol. The predicted octanol–water partition coefficient (Wildman–Crippen LogP) is 0.759. The van der Waals surface area contributed by atoms with Crippen molar-refractivity contribution in [3.8, 4) is 0 Å². The Balaban J connectivity index is 2.63. The lowest BCUT2D eigenvalue weighted by Crippen LogP contribution is -2.36. The summed E-state index contributed by atoms with van der Waals surface area (Å²) in [5, 5.41) is -0.851. The van der Waals surface area contributed by atoms with E-state index >= 15 is 0 Å². The van der Waals surface area contributed by atoms with E-state index < -0.39 is 17.4 Å². The number of hydrogen-bond donors (Lipinski definition) is 0. The maximum Gasteiger partial charge on any atom is 0.416 e. The van der Waals surface area contributed by atoms with E-state index in [-0.39, 0.29) is 13.2 Å². The number of cyclic esters (lactones) is 1. The number of imide groups is 1. The number of amides is 2. The van der Waals surface area contributed by atoms with Gasteiger partial charge in [0, 0.05) is 0 Å². The van der Waals surface area contributed by atoms with Gasteiger partial charge in [0.25, 0.3) is 5.91 Å². The minimum atomic E-state index is -0.851. The molecule has 1 heterocycles. The highest BCUT2D eigenvalue weighted by Crippen LogP contribution is 2.09. The van der Waals surface area contributed by atoms with Gasteiger partial charge in [0.15, 0.2) is 0 Å². The molecule has 1 atom stereocenters. The number of ether oxygens (including phenoxy) is 1. The van der Waals surface area contributed by atoms with Crippen molar-refractivity contribution in [3.05, 3.63) is 12.7 Å². The van der Waals surface area contributed by atoms with Gasteiger partial charge in [0.2, 0.25) is 0 Å². The molecule has 1 aliphatic heterocycles. The maximum absolute atomic E-state index is 11.2. The van der Waals surface area contributed by atoms with E-state index in [4.69, 9.17) is 11.6 Å². The molecular formula is C7H8ClNO3. The molecule has 0 bridgehead atoms. The fourth-order valence-electron chi connectivity index (χ4n) is 0.843. The average Bonchev–Trinajstić information content (AvgIpc) is 2.48. The molecule has 0 aliphatic carbocycles. The number of hydrogen-bond acceptors (Lipinski definition) is 3. The second-order valence-electron chi connectivity index (χ2n) is 2.24. The van der Waals surface area contributed by atoms with Gasteiger partial charge in [-0.1, -0.05) is 6.08 Å². The highest BCUT2D eigenvalue weighted by atomic mass is 35.5. The van der Waals surface area contributed by atoms with Crippen molar-refractivity contribution in [2.75, 3.05) is 13.2 Å². The highest BCUT2D eigenvalue weighted by Gasteiger charge is 2.31. The third-order valence-corrected chi connectivity index (χ3v) is 1.83. The first-order valence-electron chi connectivity index (χ1n) is 3.41. The first kappa shape index (κ1) is 9.06. The number of halogens is 1. The number of alkyl halides is 1. The Hall–Kier alpha value is -1.03. The zero-order chi connectivity index (χ0) is 9.14.